The van der Waals surface area contributed by atoms with Crippen LogP contribution >= 0.6 is 0 Å². The molecule has 1 saturated heterocycles. The second kappa shape index (κ2) is 9.86. The average Bonchev–Trinajstić information content (AvgIpc) is 2.82. The maximum absolute atomic E-state index is 9.60. The number of aromatic nitrogens is 2. The van der Waals surface area contributed by atoms with Gasteiger partial charge in [0.05, 0.1) is 18.2 Å². The number of methoxy groups -OCH3 is 1. The Labute approximate surface area is 183 Å². The molecular weight excluding hydrogens is 386 g/mol. The molecule has 1 aliphatic heterocycles. The van der Waals surface area contributed by atoms with Crippen molar-refractivity contribution in [3.8, 4) is 11.8 Å². The van der Waals surface area contributed by atoms with Crippen LogP contribution in [0.2, 0.25) is 0 Å². The second-order valence-electron chi connectivity index (χ2n) is 8.20. The van der Waals surface area contributed by atoms with E-state index in [1.807, 2.05) is 31.3 Å². The maximum atomic E-state index is 9.60. The molecule has 0 amide bonds. The quantitative estimate of drug-likeness (QED) is 0.635. The lowest BCUT2D eigenvalue weighted by molar-refractivity contribution is 0.199. The van der Waals surface area contributed by atoms with Gasteiger partial charge in [0, 0.05) is 42.6 Å². The molecular formula is C25H29N5O. The van der Waals surface area contributed by atoms with E-state index in [0.29, 0.717) is 11.6 Å². The molecule has 3 aromatic rings. The summed E-state index contributed by atoms with van der Waals surface area (Å²) < 4.78 is 5.39. The SMILES string of the molecule is COc1ccc2ncc(C#N)c(CCN3CCC(NCc4ccc(C)nc4)CC3)c2c1. The Bertz CT molecular complexity index is 1070. The van der Waals surface area contributed by atoms with Gasteiger partial charge >= 0.3 is 0 Å². The summed E-state index contributed by atoms with van der Waals surface area (Å²) in [7, 11) is 1.66. The van der Waals surface area contributed by atoms with E-state index in [2.05, 4.69) is 38.4 Å². The Morgan fingerprint density at radius 3 is 2.71 bits per heavy atom. The molecule has 1 aliphatic rings. The van der Waals surface area contributed by atoms with Crippen molar-refractivity contribution in [3.05, 3.63) is 65.1 Å². The number of pyridine rings is 2. The fourth-order valence-electron chi connectivity index (χ4n) is 4.21. The van der Waals surface area contributed by atoms with Crippen LogP contribution < -0.4 is 10.1 Å². The van der Waals surface area contributed by atoms with Gasteiger partial charge in [0.2, 0.25) is 0 Å². The van der Waals surface area contributed by atoms with Crippen LogP contribution in [0.3, 0.4) is 0 Å². The molecule has 0 bridgehead atoms. The van der Waals surface area contributed by atoms with Gasteiger partial charge < -0.3 is 15.0 Å². The van der Waals surface area contributed by atoms with Gasteiger partial charge in [0.1, 0.15) is 11.8 Å². The van der Waals surface area contributed by atoms with Crippen molar-refractivity contribution in [1.82, 2.24) is 20.2 Å². The number of nitrogens with one attached hydrogen (secondary N) is 1. The van der Waals surface area contributed by atoms with Crippen LogP contribution in [0.1, 0.15) is 35.2 Å². The number of rotatable bonds is 7. The zero-order chi connectivity index (χ0) is 21.6. The van der Waals surface area contributed by atoms with E-state index in [0.717, 1.165) is 73.4 Å². The normalized spacial score (nSPS) is 15.1. The lowest BCUT2D eigenvalue weighted by Gasteiger charge is -2.32. The van der Waals surface area contributed by atoms with Crippen molar-refractivity contribution in [1.29, 1.82) is 5.26 Å². The molecule has 0 saturated carbocycles. The van der Waals surface area contributed by atoms with Crippen LogP contribution in [0.5, 0.6) is 5.75 Å². The fraction of sp³-hybridized carbons (Fsp3) is 0.400. The van der Waals surface area contributed by atoms with Crippen LogP contribution in [0.25, 0.3) is 10.9 Å². The first-order valence-electron chi connectivity index (χ1n) is 10.9. The molecule has 3 heterocycles. The number of likely N-dealkylation sites (tertiary alicyclic amines) is 1. The maximum Gasteiger partial charge on any atom is 0.119 e. The van der Waals surface area contributed by atoms with Gasteiger partial charge in [-0.05, 0) is 74.7 Å². The van der Waals surface area contributed by atoms with Gasteiger partial charge in [-0.2, -0.15) is 5.26 Å². The largest absolute Gasteiger partial charge is 0.497 e. The fourth-order valence-corrected chi connectivity index (χ4v) is 4.21. The molecule has 4 rings (SSSR count). The summed E-state index contributed by atoms with van der Waals surface area (Å²) in [5.74, 6) is 0.793. The molecule has 1 N–H and O–H groups in total. The van der Waals surface area contributed by atoms with Gasteiger partial charge in [-0.1, -0.05) is 6.07 Å². The number of ether oxygens (including phenoxy) is 1. The number of piperidine rings is 1. The van der Waals surface area contributed by atoms with E-state index in [9.17, 15) is 5.26 Å². The van der Waals surface area contributed by atoms with Crippen molar-refractivity contribution in [2.24, 2.45) is 0 Å². The summed E-state index contributed by atoms with van der Waals surface area (Å²) in [5.41, 5.74) is 4.92. The molecule has 2 aromatic heterocycles. The Morgan fingerprint density at radius 1 is 1.16 bits per heavy atom. The van der Waals surface area contributed by atoms with Gasteiger partial charge in [0.15, 0.2) is 0 Å². The van der Waals surface area contributed by atoms with Crippen molar-refractivity contribution in [3.63, 3.8) is 0 Å². The summed E-state index contributed by atoms with van der Waals surface area (Å²) in [6, 6.07) is 12.9. The van der Waals surface area contributed by atoms with Crippen LogP contribution in [-0.2, 0) is 13.0 Å². The molecule has 0 aliphatic carbocycles. The molecule has 6 nitrogen and oxygen atoms in total. The minimum absolute atomic E-state index is 0.540. The summed E-state index contributed by atoms with van der Waals surface area (Å²) in [6.07, 6.45) is 6.76. The molecule has 0 atom stereocenters. The number of benzene rings is 1. The zero-order valence-electron chi connectivity index (χ0n) is 18.3. The first-order chi connectivity index (χ1) is 15.2. The highest BCUT2D eigenvalue weighted by atomic mass is 16.5. The van der Waals surface area contributed by atoms with E-state index < -0.39 is 0 Å². The third-order valence-corrected chi connectivity index (χ3v) is 6.14. The van der Waals surface area contributed by atoms with Crippen LogP contribution in [0.4, 0.5) is 0 Å². The van der Waals surface area contributed by atoms with Crippen LogP contribution in [0.15, 0.2) is 42.7 Å². The molecule has 6 heteroatoms. The van der Waals surface area contributed by atoms with E-state index in [1.165, 1.54) is 5.56 Å². The Balaban J connectivity index is 1.34. The highest BCUT2D eigenvalue weighted by Gasteiger charge is 2.19. The Hall–Kier alpha value is -3.01. The molecule has 0 spiro atoms. The number of nitriles is 1. The van der Waals surface area contributed by atoms with E-state index in [1.54, 1.807) is 13.3 Å². The Kier molecular flexibility index (Phi) is 6.76. The second-order valence-corrected chi connectivity index (χ2v) is 8.20. The minimum Gasteiger partial charge on any atom is -0.497 e. The summed E-state index contributed by atoms with van der Waals surface area (Å²) in [6.45, 7) is 5.96. The van der Waals surface area contributed by atoms with Gasteiger partial charge in [-0.3, -0.25) is 9.97 Å². The van der Waals surface area contributed by atoms with E-state index >= 15 is 0 Å². The number of fused-ring (bicyclic) bond motifs is 1. The number of aryl methyl sites for hydroxylation is 1. The van der Waals surface area contributed by atoms with Crippen LogP contribution in [-0.4, -0.2) is 47.7 Å². The van der Waals surface area contributed by atoms with Crippen molar-refractivity contribution in [2.75, 3.05) is 26.7 Å². The predicted molar refractivity (Wildman–Crippen MR) is 122 cm³/mol. The van der Waals surface area contributed by atoms with E-state index in [-0.39, 0.29) is 0 Å². The lowest BCUT2D eigenvalue weighted by atomic mass is 9.99. The summed E-state index contributed by atoms with van der Waals surface area (Å²) >= 11 is 0. The molecule has 1 aromatic carbocycles. The first kappa shape index (κ1) is 21.2. The number of hydrogen-bond acceptors (Lipinski definition) is 6. The third-order valence-electron chi connectivity index (χ3n) is 6.14. The molecule has 31 heavy (non-hydrogen) atoms. The van der Waals surface area contributed by atoms with E-state index in [4.69, 9.17) is 4.74 Å². The molecule has 0 radical (unpaired) electrons. The van der Waals surface area contributed by atoms with Crippen molar-refractivity contribution in [2.45, 2.75) is 38.8 Å². The topological polar surface area (TPSA) is 74.1 Å². The highest BCUT2D eigenvalue weighted by Crippen LogP contribution is 2.26. The Morgan fingerprint density at radius 2 is 2.00 bits per heavy atom. The van der Waals surface area contributed by atoms with Crippen molar-refractivity contribution < 1.29 is 4.74 Å². The van der Waals surface area contributed by atoms with Crippen molar-refractivity contribution >= 4 is 10.9 Å². The van der Waals surface area contributed by atoms with Gasteiger partial charge in [-0.15, -0.1) is 0 Å². The molecule has 0 unspecified atom stereocenters. The highest BCUT2D eigenvalue weighted by molar-refractivity contribution is 5.85. The lowest BCUT2D eigenvalue weighted by Crippen LogP contribution is -2.42. The number of hydrogen-bond donors (Lipinski definition) is 1. The number of nitrogens with zero attached hydrogens (tertiary/aromatic N) is 4. The van der Waals surface area contributed by atoms with Gasteiger partial charge in [0.25, 0.3) is 0 Å². The first-order valence-corrected chi connectivity index (χ1v) is 10.9. The standard InChI is InChI=1S/C25H29N5O/c1-18-3-4-19(15-27-18)16-28-21-7-10-30(11-8-21)12-9-23-20(14-26)17-29-25-6-5-22(31-2)13-24(23)25/h3-6,13,15,17,21,28H,7-12,16H2,1-2H3. The minimum atomic E-state index is 0.540. The van der Waals surface area contributed by atoms with Gasteiger partial charge in [-0.25, -0.2) is 0 Å². The molecule has 1 fully saturated rings. The third kappa shape index (κ3) is 5.19. The summed E-state index contributed by atoms with van der Waals surface area (Å²) in [4.78, 5) is 11.3. The average molecular weight is 416 g/mol. The predicted octanol–water partition coefficient (Wildman–Crippen LogP) is 3.62. The zero-order valence-corrected chi connectivity index (χ0v) is 18.3. The monoisotopic (exact) mass is 415 g/mol. The smallest absolute Gasteiger partial charge is 0.119 e. The molecule has 160 valence electrons. The van der Waals surface area contributed by atoms with Crippen LogP contribution in [0, 0.1) is 18.3 Å². The summed E-state index contributed by atoms with van der Waals surface area (Å²) in [5, 5.41) is 14.3.